The Morgan fingerprint density at radius 3 is 2.53 bits per heavy atom. The smallest absolute Gasteiger partial charge is 0.254 e. The van der Waals surface area contributed by atoms with E-state index in [0.717, 1.165) is 56.9 Å². The summed E-state index contributed by atoms with van der Waals surface area (Å²) in [5.74, 6) is -0.314. The van der Waals surface area contributed by atoms with Gasteiger partial charge in [0.1, 0.15) is 5.51 Å². The summed E-state index contributed by atoms with van der Waals surface area (Å²) in [6, 6.07) is 7.97. The van der Waals surface area contributed by atoms with E-state index in [1.165, 1.54) is 24.2 Å². The fourth-order valence-corrected chi connectivity index (χ4v) is 6.50. The first kappa shape index (κ1) is 19.7. The first-order chi connectivity index (χ1) is 14.7. The van der Waals surface area contributed by atoms with Crippen molar-refractivity contribution in [3.8, 4) is 0 Å². The van der Waals surface area contributed by atoms with E-state index in [1.54, 1.807) is 5.51 Å². The summed E-state index contributed by atoms with van der Waals surface area (Å²) in [5, 5.41) is 11.4. The van der Waals surface area contributed by atoms with Gasteiger partial charge in [-0.25, -0.2) is 0 Å². The zero-order chi connectivity index (χ0) is 20.6. The molecule has 2 saturated carbocycles. The molecule has 2 aromatic rings. The van der Waals surface area contributed by atoms with Crippen LogP contribution in [0.1, 0.15) is 86.0 Å². The Balaban J connectivity index is 1.63. The van der Waals surface area contributed by atoms with E-state index in [2.05, 4.69) is 20.4 Å². The zero-order valence-corrected chi connectivity index (χ0v) is 18.0. The Labute approximate surface area is 181 Å². The number of nitrogens with zero attached hydrogens (tertiary/aromatic N) is 3. The highest BCUT2D eigenvalue weighted by atomic mass is 32.1. The number of benzene rings is 1. The average Bonchev–Trinajstić information content (AvgIpc) is 3.28. The van der Waals surface area contributed by atoms with Crippen molar-refractivity contribution in [2.45, 2.75) is 81.7 Å². The molecule has 2 amide bonds. The van der Waals surface area contributed by atoms with Crippen LogP contribution in [-0.2, 0) is 4.79 Å². The maximum absolute atomic E-state index is 13.8. The SMILES string of the molecule is O=C(Nc1nncs1)[C@@H]1c2ccccc2C(=O)N(C2CCCCC2)C12CCCCC2. The Morgan fingerprint density at radius 2 is 1.80 bits per heavy atom. The summed E-state index contributed by atoms with van der Waals surface area (Å²) < 4.78 is 0. The molecule has 0 bridgehead atoms. The maximum Gasteiger partial charge on any atom is 0.254 e. The molecule has 1 N–H and O–H groups in total. The molecule has 2 aliphatic carbocycles. The van der Waals surface area contributed by atoms with Gasteiger partial charge in [0.2, 0.25) is 11.0 Å². The third-order valence-electron chi connectivity index (χ3n) is 7.25. The van der Waals surface area contributed by atoms with E-state index in [9.17, 15) is 9.59 Å². The van der Waals surface area contributed by atoms with Gasteiger partial charge in [-0.3, -0.25) is 14.9 Å². The van der Waals surface area contributed by atoms with Crippen LogP contribution in [0.2, 0.25) is 0 Å². The first-order valence-corrected chi connectivity index (χ1v) is 12.1. The normalized spacial score (nSPS) is 23.9. The van der Waals surface area contributed by atoms with E-state index < -0.39 is 5.54 Å². The van der Waals surface area contributed by atoms with Gasteiger partial charge in [-0.15, -0.1) is 10.2 Å². The molecule has 0 saturated heterocycles. The highest BCUT2D eigenvalue weighted by Gasteiger charge is 2.56. The number of hydrogen-bond acceptors (Lipinski definition) is 5. The molecule has 0 radical (unpaired) electrons. The number of nitrogens with one attached hydrogen (secondary N) is 1. The second kappa shape index (κ2) is 8.10. The minimum Gasteiger partial charge on any atom is -0.329 e. The van der Waals surface area contributed by atoms with Gasteiger partial charge in [-0.05, 0) is 37.3 Å². The molecule has 1 aromatic heterocycles. The summed E-state index contributed by atoms with van der Waals surface area (Å²) in [5.41, 5.74) is 2.74. The van der Waals surface area contributed by atoms with Crippen molar-refractivity contribution in [3.63, 3.8) is 0 Å². The predicted octanol–water partition coefficient (Wildman–Crippen LogP) is 4.75. The third-order valence-corrected chi connectivity index (χ3v) is 7.86. The number of anilines is 1. The second-order valence-corrected chi connectivity index (χ2v) is 9.72. The fourth-order valence-electron chi connectivity index (χ4n) is 6.06. The molecule has 30 heavy (non-hydrogen) atoms. The van der Waals surface area contributed by atoms with Gasteiger partial charge < -0.3 is 4.90 Å². The van der Waals surface area contributed by atoms with Gasteiger partial charge in [0, 0.05) is 11.6 Å². The van der Waals surface area contributed by atoms with Gasteiger partial charge in [-0.1, -0.05) is 68.1 Å². The van der Waals surface area contributed by atoms with Crippen LogP contribution in [0.4, 0.5) is 5.13 Å². The zero-order valence-electron chi connectivity index (χ0n) is 17.2. The van der Waals surface area contributed by atoms with Crippen LogP contribution in [0, 0.1) is 0 Å². The monoisotopic (exact) mass is 424 g/mol. The van der Waals surface area contributed by atoms with Gasteiger partial charge in [0.05, 0.1) is 11.5 Å². The number of aromatic nitrogens is 2. The molecular formula is C23H28N4O2S. The summed E-state index contributed by atoms with van der Waals surface area (Å²) in [6.07, 6.45) is 10.7. The van der Waals surface area contributed by atoms with E-state index in [-0.39, 0.29) is 23.8 Å². The van der Waals surface area contributed by atoms with Gasteiger partial charge in [-0.2, -0.15) is 0 Å². The van der Waals surface area contributed by atoms with Crippen molar-refractivity contribution in [3.05, 3.63) is 40.9 Å². The Kier molecular flexibility index (Phi) is 5.31. The van der Waals surface area contributed by atoms with Crippen molar-refractivity contribution < 1.29 is 9.59 Å². The van der Waals surface area contributed by atoms with Crippen molar-refractivity contribution in [2.24, 2.45) is 0 Å². The average molecular weight is 425 g/mol. The van der Waals surface area contributed by atoms with Crippen molar-refractivity contribution in [1.29, 1.82) is 0 Å². The van der Waals surface area contributed by atoms with Crippen molar-refractivity contribution in [1.82, 2.24) is 15.1 Å². The summed E-state index contributed by atoms with van der Waals surface area (Å²) in [4.78, 5) is 29.8. The molecule has 1 aromatic carbocycles. The first-order valence-electron chi connectivity index (χ1n) is 11.2. The van der Waals surface area contributed by atoms with Crippen LogP contribution in [0.5, 0.6) is 0 Å². The van der Waals surface area contributed by atoms with Crippen LogP contribution in [-0.4, -0.2) is 38.5 Å². The third kappa shape index (κ3) is 3.23. The summed E-state index contributed by atoms with van der Waals surface area (Å²) in [6.45, 7) is 0. The van der Waals surface area contributed by atoms with Gasteiger partial charge >= 0.3 is 0 Å². The predicted molar refractivity (Wildman–Crippen MR) is 117 cm³/mol. The fraction of sp³-hybridized carbons (Fsp3) is 0.565. The number of carbonyl (C=O) groups excluding carboxylic acids is 2. The topological polar surface area (TPSA) is 75.2 Å². The molecule has 1 atom stereocenters. The molecule has 1 aliphatic heterocycles. The van der Waals surface area contributed by atoms with Crippen molar-refractivity contribution in [2.75, 3.05) is 5.32 Å². The number of hydrogen-bond donors (Lipinski definition) is 1. The second-order valence-electron chi connectivity index (χ2n) is 8.88. The van der Waals surface area contributed by atoms with E-state index >= 15 is 0 Å². The highest BCUT2D eigenvalue weighted by molar-refractivity contribution is 7.13. The van der Waals surface area contributed by atoms with Crippen LogP contribution in [0.3, 0.4) is 0 Å². The van der Waals surface area contributed by atoms with E-state index in [4.69, 9.17) is 0 Å². The van der Waals surface area contributed by atoms with Gasteiger partial charge in [0.25, 0.3) is 5.91 Å². The van der Waals surface area contributed by atoms with Crippen LogP contribution >= 0.6 is 11.3 Å². The lowest BCUT2D eigenvalue weighted by atomic mass is 9.64. The molecule has 0 unspecified atom stereocenters. The largest absolute Gasteiger partial charge is 0.329 e. The maximum atomic E-state index is 13.8. The van der Waals surface area contributed by atoms with Crippen LogP contribution in [0.25, 0.3) is 0 Å². The number of rotatable bonds is 3. The van der Waals surface area contributed by atoms with Crippen molar-refractivity contribution >= 4 is 28.3 Å². The van der Waals surface area contributed by atoms with Gasteiger partial charge in [0.15, 0.2) is 0 Å². The van der Waals surface area contributed by atoms with E-state index in [1.807, 2.05) is 24.3 Å². The Hall–Kier alpha value is -2.28. The Bertz CT molecular complexity index is 917. The molecule has 6 nitrogen and oxygen atoms in total. The molecular weight excluding hydrogens is 396 g/mol. The van der Waals surface area contributed by atoms with Crippen LogP contribution in [0.15, 0.2) is 29.8 Å². The van der Waals surface area contributed by atoms with E-state index in [0.29, 0.717) is 10.7 Å². The number of fused-ring (bicyclic) bond motifs is 1. The molecule has 2 fully saturated rings. The molecule has 1 spiro atoms. The molecule has 7 heteroatoms. The lowest BCUT2D eigenvalue weighted by molar-refractivity contribution is -0.123. The summed E-state index contributed by atoms with van der Waals surface area (Å²) >= 11 is 1.33. The molecule has 3 aliphatic rings. The summed E-state index contributed by atoms with van der Waals surface area (Å²) in [7, 11) is 0. The molecule has 158 valence electrons. The lowest BCUT2D eigenvalue weighted by Gasteiger charge is -2.56. The number of amides is 2. The van der Waals surface area contributed by atoms with Crippen LogP contribution < -0.4 is 5.32 Å². The highest BCUT2D eigenvalue weighted by Crippen LogP contribution is 2.51. The Morgan fingerprint density at radius 1 is 1.07 bits per heavy atom. The molecule has 5 rings (SSSR count). The minimum atomic E-state index is -0.444. The number of carbonyl (C=O) groups is 2. The lowest BCUT2D eigenvalue weighted by Crippen LogP contribution is -2.65. The molecule has 2 heterocycles. The minimum absolute atomic E-state index is 0.0607. The standard InChI is InChI=1S/C23H28N4O2S/c28-20(25-22-26-24-15-30-22)19-17-11-5-6-12-18(17)21(29)27(16-9-3-1-4-10-16)23(19)13-7-2-8-14-23/h5-6,11-12,15-16,19H,1-4,7-10,13-14H2,(H,25,26,28)/t19-/m0/s1. The quantitative estimate of drug-likeness (QED) is 0.771.